The first kappa shape index (κ1) is 11.0. The topological polar surface area (TPSA) is 23.5 Å². The summed E-state index contributed by atoms with van der Waals surface area (Å²) in [6, 6.07) is 0.613. The molecule has 1 fully saturated rings. The minimum atomic E-state index is -0.0794. The monoisotopic (exact) mass is 185 g/mol. The van der Waals surface area contributed by atoms with Gasteiger partial charge in [-0.1, -0.05) is 27.2 Å². The van der Waals surface area contributed by atoms with Gasteiger partial charge in [-0.15, -0.1) is 0 Å². The van der Waals surface area contributed by atoms with E-state index in [1.165, 1.54) is 12.8 Å². The van der Waals surface area contributed by atoms with E-state index in [4.69, 9.17) is 0 Å². The molecule has 1 N–H and O–H groups in total. The number of nitrogens with zero attached hydrogens (tertiary/aromatic N) is 1. The maximum absolute atomic E-state index is 9.58. The lowest BCUT2D eigenvalue weighted by Gasteiger charge is -2.26. The highest BCUT2D eigenvalue weighted by molar-refractivity contribution is 4.86. The second-order valence-corrected chi connectivity index (χ2v) is 4.55. The molecule has 0 radical (unpaired) electrons. The van der Waals surface area contributed by atoms with Crippen LogP contribution in [0.2, 0.25) is 0 Å². The minimum absolute atomic E-state index is 0.0794. The Labute approximate surface area is 81.9 Å². The first-order valence-corrected chi connectivity index (χ1v) is 5.57. The Morgan fingerprint density at radius 3 is 2.69 bits per heavy atom. The largest absolute Gasteiger partial charge is 0.392 e. The Morgan fingerprint density at radius 2 is 2.15 bits per heavy atom. The number of hydrogen-bond donors (Lipinski definition) is 1. The Bertz CT molecular complexity index is 147. The molecule has 2 nitrogen and oxygen atoms in total. The zero-order valence-electron chi connectivity index (χ0n) is 9.16. The number of hydrogen-bond acceptors (Lipinski definition) is 2. The van der Waals surface area contributed by atoms with Crippen LogP contribution in [0.1, 0.15) is 40.0 Å². The maximum Gasteiger partial charge on any atom is 0.0682 e. The highest BCUT2D eigenvalue weighted by Gasteiger charge is 2.31. The quantitative estimate of drug-likeness (QED) is 0.723. The molecule has 1 heterocycles. The number of rotatable bonds is 4. The van der Waals surface area contributed by atoms with Crippen LogP contribution in [-0.4, -0.2) is 35.2 Å². The molecule has 0 bridgehead atoms. The summed E-state index contributed by atoms with van der Waals surface area (Å²) in [5.74, 6) is 0.675. The third-order valence-corrected chi connectivity index (χ3v) is 3.00. The average molecular weight is 185 g/mol. The molecule has 0 saturated carbocycles. The maximum atomic E-state index is 9.58. The van der Waals surface area contributed by atoms with Crippen molar-refractivity contribution < 1.29 is 5.11 Å². The van der Waals surface area contributed by atoms with Crippen molar-refractivity contribution >= 4 is 0 Å². The van der Waals surface area contributed by atoms with Crippen molar-refractivity contribution in [3.8, 4) is 0 Å². The molecule has 0 unspecified atom stereocenters. The van der Waals surface area contributed by atoms with Crippen LogP contribution in [0.5, 0.6) is 0 Å². The highest BCUT2D eigenvalue weighted by Crippen LogP contribution is 2.24. The molecule has 0 aromatic heterocycles. The summed E-state index contributed by atoms with van der Waals surface area (Å²) < 4.78 is 0. The zero-order valence-corrected chi connectivity index (χ0v) is 9.16. The van der Waals surface area contributed by atoms with Crippen molar-refractivity contribution in [2.45, 2.75) is 52.2 Å². The lowest BCUT2D eigenvalue weighted by atomic mass is 10.0. The van der Waals surface area contributed by atoms with Crippen LogP contribution in [0.15, 0.2) is 0 Å². The molecule has 1 aliphatic heterocycles. The van der Waals surface area contributed by atoms with Gasteiger partial charge in [-0.05, 0) is 25.3 Å². The van der Waals surface area contributed by atoms with E-state index in [-0.39, 0.29) is 6.10 Å². The van der Waals surface area contributed by atoms with Gasteiger partial charge in [0, 0.05) is 12.6 Å². The fourth-order valence-corrected chi connectivity index (χ4v) is 2.22. The van der Waals surface area contributed by atoms with Gasteiger partial charge >= 0.3 is 0 Å². The van der Waals surface area contributed by atoms with Gasteiger partial charge in [-0.25, -0.2) is 0 Å². The van der Waals surface area contributed by atoms with Crippen molar-refractivity contribution in [3.05, 3.63) is 0 Å². The SMILES string of the molecule is CCCCN1C[C@H](O)C[C@@H]1C(C)C. The molecule has 2 heteroatoms. The predicted molar refractivity (Wildman–Crippen MR) is 55.7 cm³/mol. The van der Waals surface area contributed by atoms with Gasteiger partial charge in [-0.2, -0.15) is 0 Å². The Kier molecular flexibility index (Phi) is 4.20. The summed E-state index contributed by atoms with van der Waals surface area (Å²) in [4.78, 5) is 2.46. The molecule has 0 aliphatic carbocycles. The molecular weight excluding hydrogens is 162 g/mol. The Balaban J connectivity index is 2.41. The Hall–Kier alpha value is -0.0800. The van der Waals surface area contributed by atoms with Crippen LogP contribution in [0.25, 0.3) is 0 Å². The average Bonchev–Trinajstić information content (AvgIpc) is 2.43. The molecule has 0 aromatic rings. The third kappa shape index (κ3) is 2.96. The van der Waals surface area contributed by atoms with Gasteiger partial charge < -0.3 is 5.11 Å². The summed E-state index contributed by atoms with van der Waals surface area (Å²) in [6.45, 7) is 8.78. The summed E-state index contributed by atoms with van der Waals surface area (Å²) in [5, 5.41) is 9.58. The van der Waals surface area contributed by atoms with E-state index in [1.807, 2.05) is 0 Å². The second kappa shape index (κ2) is 4.97. The molecule has 1 saturated heterocycles. The van der Waals surface area contributed by atoms with Gasteiger partial charge in [0.25, 0.3) is 0 Å². The van der Waals surface area contributed by atoms with E-state index in [0.717, 1.165) is 19.5 Å². The number of likely N-dealkylation sites (tertiary alicyclic amines) is 1. The standard InChI is InChI=1S/C11H23NO/c1-4-5-6-12-8-10(13)7-11(12)9(2)3/h9-11,13H,4-8H2,1-3H3/t10-,11-/m1/s1. The second-order valence-electron chi connectivity index (χ2n) is 4.55. The number of aliphatic hydroxyl groups excluding tert-OH is 1. The van der Waals surface area contributed by atoms with E-state index in [9.17, 15) is 5.11 Å². The zero-order chi connectivity index (χ0) is 9.84. The van der Waals surface area contributed by atoms with Crippen LogP contribution in [0.3, 0.4) is 0 Å². The molecule has 13 heavy (non-hydrogen) atoms. The van der Waals surface area contributed by atoms with E-state index in [0.29, 0.717) is 12.0 Å². The van der Waals surface area contributed by atoms with Gasteiger partial charge in [0.05, 0.1) is 6.10 Å². The fourth-order valence-electron chi connectivity index (χ4n) is 2.22. The highest BCUT2D eigenvalue weighted by atomic mass is 16.3. The van der Waals surface area contributed by atoms with Crippen LogP contribution in [0.4, 0.5) is 0 Å². The molecule has 1 rings (SSSR count). The molecule has 1 aliphatic rings. The predicted octanol–water partition coefficient (Wildman–Crippen LogP) is 1.88. The summed E-state index contributed by atoms with van der Waals surface area (Å²) in [7, 11) is 0. The first-order valence-electron chi connectivity index (χ1n) is 5.57. The number of β-amino-alcohol motifs (C(OH)–C–C–N with tert-alkyl or cyclic N) is 1. The van der Waals surface area contributed by atoms with Crippen molar-refractivity contribution in [1.82, 2.24) is 4.90 Å². The van der Waals surface area contributed by atoms with Crippen LogP contribution >= 0.6 is 0 Å². The molecule has 0 spiro atoms. The van der Waals surface area contributed by atoms with Crippen LogP contribution < -0.4 is 0 Å². The molecule has 2 atom stereocenters. The van der Waals surface area contributed by atoms with Crippen molar-refractivity contribution in [3.63, 3.8) is 0 Å². The van der Waals surface area contributed by atoms with Gasteiger partial charge in [0.2, 0.25) is 0 Å². The third-order valence-electron chi connectivity index (χ3n) is 3.00. The summed E-state index contributed by atoms with van der Waals surface area (Å²) in [6.07, 6.45) is 3.40. The van der Waals surface area contributed by atoms with E-state index < -0.39 is 0 Å². The number of unbranched alkanes of at least 4 members (excludes halogenated alkanes) is 1. The van der Waals surface area contributed by atoms with Crippen molar-refractivity contribution in [2.24, 2.45) is 5.92 Å². The van der Waals surface area contributed by atoms with E-state index in [2.05, 4.69) is 25.7 Å². The smallest absolute Gasteiger partial charge is 0.0682 e. The summed E-state index contributed by atoms with van der Waals surface area (Å²) >= 11 is 0. The molecular formula is C11H23NO. The van der Waals surface area contributed by atoms with Crippen LogP contribution in [0, 0.1) is 5.92 Å². The minimum Gasteiger partial charge on any atom is -0.392 e. The van der Waals surface area contributed by atoms with Gasteiger partial charge in [-0.3, -0.25) is 4.90 Å². The molecule has 0 amide bonds. The normalized spacial score (nSPS) is 30.2. The fraction of sp³-hybridized carbons (Fsp3) is 1.00. The van der Waals surface area contributed by atoms with Crippen LogP contribution in [-0.2, 0) is 0 Å². The number of aliphatic hydroxyl groups is 1. The molecule has 78 valence electrons. The van der Waals surface area contributed by atoms with Gasteiger partial charge in [0.15, 0.2) is 0 Å². The van der Waals surface area contributed by atoms with Crippen molar-refractivity contribution in [2.75, 3.05) is 13.1 Å². The summed E-state index contributed by atoms with van der Waals surface area (Å²) in [5.41, 5.74) is 0. The lowest BCUT2D eigenvalue weighted by molar-refractivity contribution is 0.171. The Morgan fingerprint density at radius 1 is 1.46 bits per heavy atom. The molecule has 0 aromatic carbocycles. The van der Waals surface area contributed by atoms with Gasteiger partial charge in [0.1, 0.15) is 0 Å². The van der Waals surface area contributed by atoms with Crippen molar-refractivity contribution in [1.29, 1.82) is 0 Å². The first-order chi connectivity index (χ1) is 6.15. The van der Waals surface area contributed by atoms with E-state index >= 15 is 0 Å². The lowest BCUT2D eigenvalue weighted by Crippen LogP contribution is -2.34. The van der Waals surface area contributed by atoms with E-state index in [1.54, 1.807) is 0 Å².